The summed E-state index contributed by atoms with van der Waals surface area (Å²) in [6.45, 7) is 1.83. The zero-order valence-electron chi connectivity index (χ0n) is 18.7. The van der Waals surface area contributed by atoms with Crippen molar-refractivity contribution in [2.45, 2.75) is 37.0 Å². The van der Waals surface area contributed by atoms with Crippen molar-refractivity contribution in [1.29, 1.82) is 0 Å². The minimum atomic E-state index is -3.97. The van der Waals surface area contributed by atoms with Crippen molar-refractivity contribution >= 4 is 22.0 Å². The number of carbonyl (C=O) groups excluding carboxylic acids is 2. The molecule has 3 rings (SSSR count). The van der Waals surface area contributed by atoms with E-state index in [0.29, 0.717) is 31.8 Å². The number of amides is 3. The molecular weight excluding hydrogens is 444 g/mol. The summed E-state index contributed by atoms with van der Waals surface area (Å²) in [4.78, 5) is 24.3. The van der Waals surface area contributed by atoms with E-state index in [1.807, 2.05) is 29.0 Å². The van der Waals surface area contributed by atoms with Crippen molar-refractivity contribution in [3.05, 3.63) is 59.7 Å². The van der Waals surface area contributed by atoms with Crippen LogP contribution in [0.1, 0.15) is 30.4 Å². The standard InChI is InChI=1S/C23H30N4O5S/c1-32-21-8-4-3-7-19(21)17-22(28)24-14-13-18-9-11-20(12-10-18)33(30,31)26-23(29)25-27-15-5-2-6-16-27/h3-4,7-12H,2,5-6,13-17H2,1H3,(H,24,28)(H2,25,26,29). The Labute approximate surface area is 194 Å². The van der Waals surface area contributed by atoms with Gasteiger partial charge in [0.05, 0.1) is 18.4 Å². The van der Waals surface area contributed by atoms with E-state index in [1.165, 1.54) is 12.1 Å². The van der Waals surface area contributed by atoms with Crippen LogP contribution in [0, 0.1) is 0 Å². The molecular formula is C23H30N4O5S. The van der Waals surface area contributed by atoms with Gasteiger partial charge in [0.2, 0.25) is 5.91 Å². The SMILES string of the molecule is COc1ccccc1CC(=O)NCCc1ccc(S(=O)(=O)NC(=O)NN2CCCCC2)cc1. The number of methoxy groups -OCH3 is 1. The quantitative estimate of drug-likeness (QED) is 0.512. The molecule has 1 aliphatic rings. The summed E-state index contributed by atoms with van der Waals surface area (Å²) in [6, 6.07) is 12.8. The maximum absolute atomic E-state index is 12.5. The summed E-state index contributed by atoms with van der Waals surface area (Å²) in [5.41, 5.74) is 4.25. The van der Waals surface area contributed by atoms with E-state index in [0.717, 1.165) is 30.4 Å². The number of sulfonamides is 1. The van der Waals surface area contributed by atoms with Crippen LogP contribution in [0.3, 0.4) is 0 Å². The second-order valence-corrected chi connectivity index (χ2v) is 9.51. The number of hydrogen-bond acceptors (Lipinski definition) is 6. The first kappa shape index (κ1) is 24.5. The Kier molecular flexibility index (Phi) is 8.67. The average Bonchev–Trinajstić information content (AvgIpc) is 2.80. The fourth-order valence-corrected chi connectivity index (χ4v) is 4.52. The lowest BCUT2D eigenvalue weighted by molar-refractivity contribution is -0.120. The summed E-state index contributed by atoms with van der Waals surface area (Å²) in [5, 5.41) is 4.58. The number of hydrazine groups is 1. The Morgan fingerprint density at radius 2 is 1.70 bits per heavy atom. The van der Waals surface area contributed by atoms with Gasteiger partial charge < -0.3 is 10.1 Å². The van der Waals surface area contributed by atoms with E-state index in [-0.39, 0.29) is 17.2 Å². The molecule has 0 unspecified atom stereocenters. The molecule has 33 heavy (non-hydrogen) atoms. The fourth-order valence-electron chi connectivity index (χ4n) is 3.62. The summed E-state index contributed by atoms with van der Waals surface area (Å²) in [7, 11) is -2.41. The highest BCUT2D eigenvalue weighted by Crippen LogP contribution is 2.17. The van der Waals surface area contributed by atoms with Crippen LogP contribution in [-0.2, 0) is 27.7 Å². The van der Waals surface area contributed by atoms with E-state index in [2.05, 4.69) is 10.7 Å². The molecule has 2 aromatic carbocycles. The van der Waals surface area contributed by atoms with Gasteiger partial charge in [0.15, 0.2) is 0 Å². The molecule has 1 fully saturated rings. The fraction of sp³-hybridized carbons (Fsp3) is 0.391. The second kappa shape index (κ2) is 11.7. The molecule has 10 heteroatoms. The third kappa shape index (κ3) is 7.47. The Morgan fingerprint density at radius 3 is 2.39 bits per heavy atom. The average molecular weight is 475 g/mol. The third-order valence-electron chi connectivity index (χ3n) is 5.36. The zero-order valence-corrected chi connectivity index (χ0v) is 19.5. The van der Waals surface area contributed by atoms with E-state index < -0.39 is 16.1 Å². The van der Waals surface area contributed by atoms with Crippen LogP contribution in [0.4, 0.5) is 4.79 Å². The number of piperidine rings is 1. The van der Waals surface area contributed by atoms with Crippen molar-refractivity contribution in [1.82, 2.24) is 20.5 Å². The highest BCUT2D eigenvalue weighted by molar-refractivity contribution is 7.90. The van der Waals surface area contributed by atoms with Crippen molar-refractivity contribution in [3.63, 3.8) is 0 Å². The minimum absolute atomic E-state index is 0.000234. The van der Waals surface area contributed by atoms with Crippen LogP contribution in [0.5, 0.6) is 5.75 Å². The molecule has 0 spiro atoms. The van der Waals surface area contributed by atoms with Crippen molar-refractivity contribution < 1.29 is 22.7 Å². The molecule has 2 aromatic rings. The first-order valence-electron chi connectivity index (χ1n) is 10.9. The molecule has 0 radical (unpaired) electrons. The largest absolute Gasteiger partial charge is 0.496 e. The Hall–Kier alpha value is -3.11. The van der Waals surface area contributed by atoms with Crippen LogP contribution in [-0.4, -0.2) is 52.1 Å². The van der Waals surface area contributed by atoms with Gasteiger partial charge in [0, 0.05) is 25.2 Å². The number of benzene rings is 2. The van der Waals surface area contributed by atoms with Gasteiger partial charge in [0.25, 0.3) is 10.0 Å². The molecule has 1 heterocycles. The monoisotopic (exact) mass is 474 g/mol. The number of urea groups is 1. The summed E-state index contributed by atoms with van der Waals surface area (Å²) >= 11 is 0. The van der Waals surface area contributed by atoms with E-state index in [4.69, 9.17) is 4.74 Å². The topological polar surface area (TPSA) is 117 Å². The number of carbonyl (C=O) groups is 2. The number of nitrogens with one attached hydrogen (secondary N) is 3. The highest BCUT2D eigenvalue weighted by atomic mass is 32.2. The summed E-state index contributed by atoms with van der Waals surface area (Å²) < 4.78 is 32.2. The van der Waals surface area contributed by atoms with Gasteiger partial charge in [-0.2, -0.15) is 0 Å². The van der Waals surface area contributed by atoms with Crippen LogP contribution in [0.15, 0.2) is 53.4 Å². The molecule has 178 valence electrons. The third-order valence-corrected chi connectivity index (χ3v) is 6.70. The van der Waals surface area contributed by atoms with Gasteiger partial charge in [-0.25, -0.2) is 22.9 Å². The van der Waals surface area contributed by atoms with Crippen LogP contribution >= 0.6 is 0 Å². The first-order chi connectivity index (χ1) is 15.9. The van der Waals surface area contributed by atoms with Gasteiger partial charge in [-0.1, -0.05) is 36.8 Å². The zero-order chi connectivity index (χ0) is 23.7. The van der Waals surface area contributed by atoms with Gasteiger partial charge in [-0.15, -0.1) is 0 Å². The Bertz CT molecular complexity index is 1050. The van der Waals surface area contributed by atoms with E-state index in [9.17, 15) is 18.0 Å². The molecule has 9 nitrogen and oxygen atoms in total. The molecule has 0 atom stereocenters. The lowest BCUT2D eigenvalue weighted by Crippen LogP contribution is -2.50. The second-order valence-electron chi connectivity index (χ2n) is 7.83. The maximum Gasteiger partial charge on any atom is 0.343 e. The van der Waals surface area contributed by atoms with Crippen LogP contribution in [0.2, 0.25) is 0 Å². The lowest BCUT2D eigenvalue weighted by atomic mass is 10.1. The Balaban J connectivity index is 1.46. The predicted molar refractivity (Wildman–Crippen MR) is 124 cm³/mol. The molecule has 1 aliphatic heterocycles. The summed E-state index contributed by atoms with van der Waals surface area (Å²) in [5.74, 6) is 0.547. The number of hydrogen-bond donors (Lipinski definition) is 3. The molecule has 1 saturated heterocycles. The van der Waals surface area contributed by atoms with Gasteiger partial charge >= 0.3 is 6.03 Å². The van der Waals surface area contributed by atoms with Gasteiger partial charge in [0.1, 0.15) is 5.75 Å². The minimum Gasteiger partial charge on any atom is -0.496 e. The first-order valence-corrected chi connectivity index (χ1v) is 12.4. The number of rotatable bonds is 9. The molecule has 0 bridgehead atoms. The van der Waals surface area contributed by atoms with Crippen molar-refractivity contribution in [2.75, 3.05) is 26.7 Å². The normalized spacial score (nSPS) is 14.3. The lowest BCUT2D eigenvalue weighted by Gasteiger charge is -2.26. The molecule has 0 saturated carbocycles. The van der Waals surface area contributed by atoms with Crippen molar-refractivity contribution in [2.24, 2.45) is 0 Å². The predicted octanol–water partition coefficient (Wildman–Crippen LogP) is 1.99. The Morgan fingerprint density at radius 1 is 1.00 bits per heavy atom. The molecule has 0 aromatic heterocycles. The molecule has 3 amide bonds. The maximum atomic E-state index is 12.5. The van der Waals surface area contributed by atoms with Gasteiger partial charge in [-0.05, 0) is 43.0 Å². The summed E-state index contributed by atoms with van der Waals surface area (Å²) in [6.07, 6.45) is 3.80. The van der Waals surface area contributed by atoms with Gasteiger partial charge in [-0.3, -0.25) is 10.2 Å². The molecule has 3 N–H and O–H groups in total. The van der Waals surface area contributed by atoms with Crippen LogP contribution < -0.4 is 20.2 Å². The van der Waals surface area contributed by atoms with Crippen LogP contribution in [0.25, 0.3) is 0 Å². The highest BCUT2D eigenvalue weighted by Gasteiger charge is 2.20. The molecule has 0 aliphatic carbocycles. The van der Waals surface area contributed by atoms with Crippen molar-refractivity contribution in [3.8, 4) is 5.75 Å². The smallest absolute Gasteiger partial charge is 0.343 e. The van der Waals surface area contributed by atoms with E-state index in [1.54, 1.807) is 24.3 Å². The van der Waals surface area contributed by atoms with E-state index >= 15 is 0 Å². The number of nitrogens with zero attached hydrogens (tertiary/aromatic N) is 1. The number of para-hydroxylation sites is 1. The number of ether oxygens (including phenoxy) is 1.